The summed E-state index contributed by atoms with van der Waals surface area (Å²) in [5, 5.41) is 11.0. The van der Waals surface area contributed by atoms with Crippen molar-refractivity contribution in [2.75, 3.05) is 11.6 Å². The minimum atomic E-state index is -0.656. The average molecular weight is 377 g/mol. The Bertz CT molecular complexity index is 929. The summed E-state index contributed by atoms with van der Waals surface area (Å²) in [5.41, 5.74) is 2.66. The number of benzene rings is 2. The zero-order chi connectivity index (χ0) is 18.8. The Morgan fingerprint density at radius 1 is 1.31 bits per heavy atom. The third-order valence-electron chi connectivity index (χ3n) is 3.68. The summed E-state index contributed by atoms with van der Waals surface area (Å²) >= 11 is 5.72. The predicted octanol–water partition coefficient (Wildman–Crippen LogP) is 3.04. The summed E-state index contributed by atoms with van der Waals surface area (Å²) in [7, 11) is 0. The van der Waals surface area contributed by atoms with Gasteiger partial charge in [-0.2, -0.15) is 0 Å². The minimum absolute atomic E-state index is 0.175. The number of nitrogens with one attached hydrogen (secondary N) is 1. The molecule has 0 atom stereocenters. The number of rotatable bonds is 4. The van der Waals surface area contributed by atoms with Gasteiger partial charge in [-0.1, -0.05) is 23.7 Å². The zero-order valence-corrected chi connectivity index (χ0v) is 14.4. The molecule has 2 aromatic carbocycles. The molecule has 1 aliphatic heterocycles. The summed E-state index contributed by atoms with van der Waals surface area (Å²) in [5.74, 6) is -1.88. The van der Waals surface area contributed by atoms with Crippen LogP contribution in [0.2, 0.25) is 5.02 Å². The summed E-state index contributed by atoms with van der Waals surface area (Å²) in [6, 6.07) is 8.38. The van der Waals surface area contributed by atoms with Gasteiger partial charge in [-0.05, 0) is 37.3 Å². The van der Waals surface area contributed by atoms with Crippen molar-refractivity contribution in [2.45, 2.75) is 6.92 Å². The van der Waals surface area contributed by atoms with Crippen molar-refractivity contribution in [1.29, 1.82) is 0 Å². The number of nitrogens with zero attached hydrogens (tertiary/aromatic N) is 1. The highest BCUT2D eigenvalue weighted by Gasteiger charge is 2.35. The van der Waals surface area contributed by atoms with Crippen LogP contribution in [0.1, 0.15) is 12.5 Å². The second kappa shape index (κ2) is 7.05. The lowest BCUT2D eigenvalue weighted by molar-refractivity contribution is -0.117. The van der Waals surface area contributed by atoms with Crippen molar-refractivity contribution < 1.29 is 23.8 Å². The lowest BCUT2D eigenvalue weighted by Crippen LogP contribution is -2.35. The van der Waals surface area contributed by atoms with Crippen molar-refractivity contribution in [1.82, 2.24) is 5.43 Å². The molecule has 26 heavy (non-hydrogen) atoms. The topological polar surface area (TPSA) is 78.9 Å². The van der Waals surface area contributed by atoms with Crippen LogP contribution in [0.5, 0.6) is 11.5 Å². The highest BCUT2D eigenvalue weighted by molar-refractivity contribution is 6.33. The van der Waals surface area contributed by atoms with Gasteiger partial charge >= 0.3 is 0 Å². The maximum absolute atomic E-state index is 13.3. The molecule has 0 spiro atoms. The van der Waals surface area contributed by atoms with Crippen LogP contribution in [0, 0.1) is 5.82 Å². The van der Waals surface area contributed by atoms with Gasteiger partial charge in [-0.3, -0.25) is 15.0 Å². The van der Waals surface area contributed by atoms with Crippen molar-refractivity contribution in [3.63, 3.8) is 0 Å². The second-order valence-corrected chi connectivity index (χ2v) is 5.77. The van der Waals surface area contributed by atoms with E-state index in [1.807, 2.05) is 0 Å². The molecule has 2 N–H and O–H groups in total. The molecule has 1 saturated heterocycles. The number of carbonyl (C=O) groups is 2. The minimum Gasteiger partial charge on any atom is -0.504 e. The quantitative estimate of drug-likeness (QED) is 0.635. The molecule has 0 unspecified atom stereocenters. The predicted molar refractivity (Wildman–Crippen MR) is 94.3 cm³/mol. The summed E-state index contributed by atoms with van der Waals surface area (Å²) in [6.45, 7) is 2.12. The van der Waals surface area contributed by atoms with Crippen molar-refractivity contribution in [2.24, 2.45) is 0 Å². The molecule has 1 fully saturated rings. The van der Waals surface area contributed by atoms with E-state index in [4.69, 9.17) is 16.3 Å². The van der Waals surface area contributed by atoms with Crippen molar-refractivity contribution in [3.8, 4) is 11.5 Å². The van der Waals surface area contributed by atoms with E-state index in [0.29, 0.717) is 6.61 Å². The van der Waals surface area contributed by atoms with E-state index in [-0.39, 0.29) is 33.3 Å². The Labute approximate surface area is 153 Å². The number of anilines is 1. The normalized spacial score (nSPS) is 15.5. The number of phenolic OH excluding ortho intramolecular Hbond substituents is 1. The molecule has 1 heterocycles. The molecular weight excluding hydrogens is 363 g/mol. The second-order valence-electron chi connectivity index (χ2n) is 5.36. The lowest BCUT2D eigenvalue weighted by atomic mass is 10.1. The molecule has 3 rings (SSSR count). The summed E-state index contributed by atoms with van der Waals surface area (Å²) in [4.78, 5) is 24.7. The van der Waals surface area contributed by atoms with Crippen LogP contribution in [0.4, 0.5) is 10.1 Å². The van der Waals surface area contributed by atoms with Crippen LogP contribution in [0.3, 0.4) is 0 Å². The van der Waals surface area contributed by atoms with E-state index in [1.54, 1.807) is 25.1 Å². The molecule has 2 amide bonds. The SMILES string of the molecule is CCOc1cccc(C=C2C(=O)NN(c3ccc(F)c(Cl)c3)C2=O)c1O. The smallest absolute Gasteiger partial charge is 0.282 e. The molecule has 0 bridgehead atoms. The molecular formula is C18H14ClFN2O4. The molecule has 0 radical (unpaired) electrons. The molecule has 0 aromatic heterocycles. The first kappa shape index (κ1) is 17.8. The largest absolute Gasteiger partial charge is 0.504 e. The zero-order valence-electron chi connectivity index (χ0n) is 13.6. The molecule has 0 aliphatic carbocycles. The maximum Gasteiger partial charge on any atom is 0.282 e. The van der Waals surface area contributed by atoms with Gasteiger partial charge in [-0.25, -0.2) is 9.40 Å². The first-order valence-corrected chi connectivity index (χ1v) is 8.07. The van der Waals surface area contributed by atoms with Gasteiger partial charge in [0.25, 0.3) is 11.8 Å². The van der Waals surface area contributed by atoms with Crippen LogP contribution < -0.4 is 15.2 Å². The van der Waals surface area contributed by atoms with E-state index in [9.17, 15) is 19.1 Å². The molecule has 1 aliphatic rings. The van der Waals surface area contributed by atoms with Gasteiger partial charge in [0, 0.05) is 5.56 Å². The first-order chi connectivity index (χ1) is 12.4. The van der Waals surface area contributed by atoms with Crippen molar-refractivity contribution >= 4 is 35.2 Å². The number of amides is 2. The van der Waals surface area contributed by atoms with E-state index in [2.05, 4.69) is 5.43 Å². The number of para-hydroxylation sites is 1. The summed E-state index contributed by atoms with van der Waals surface area (Å²) < 4.78 is 18.6. The number of carbonyl (C=O) groups excluding carboxylic acids is 2. The van der Waals surface area contributed by atoms with E-state index < -0.39 is 17.6 Å². The molecule has 6 nitrogen and oxygen atoms in total. The Morgan fingerprint density at radius 3 is 2.77 bits per heavy atom. The van der Waals surface area contributed by atoms with Crippen LogP contribution >= 0.6 is 11.6 Å². The third kappa shape index (κ3) is 3.21. The number of hydrazine groups is 1. The van der Waals surface area contributed by atoms with Gasteiger partial charge in [0.05, 0.1) is 17.3 Å². The fraction of sp³-hybridized carbons (Fsp3) is 0.111. The van der Waals surface area contributed by atoms with Gasteiger partial charge in [0.2, 0.25) is 0 Å². The fourth-order valence-electron chi connectivity index (χ4n) is 2.45. The van der Waals surface area contributed by atoms with Gasteiger partial charge < -0.3 is 9.84 Å². The van der Waals surface area contributed by atoms with Crippen LogP contribution in [-0.4, -0.2) is 23.5 Å². The summed E-state index contributed by atoms with van der Waals surface area (Å²) in [6.07, 6.45) is 1.26. The Hall–Kier alpha value is -3.06. The number of phenols is 1. The van der Waals surface area contributed by atoms with Gasteiger partial charge in [0.15, 0.2) is 11.5 Å². The lowest BCUT2D eigenvalue weighted by Gasteiger charge is -2.14. The van der Waals surface area contributed by atoms with Crippen LogP contribution in [0.25, 0.3) is 6.08 Å². The van der Waals surface area contributed by atoms with Crippen molar-refractivity contribution in [3.05, 3.63) is 58.4 Å². The number of aromatic hydroxyl groups is 1. The van der Waals surface area contributed by atoms with E-state index >= 15 is 0 Å². The highest BCUT2D eigenvalue weighted by Crippen LogP contribution is 2.32. The number of ether oxygens (including phenoxy) is 1. The average Bonchev–Trinajstić information content (AvgIpc) is 2.89. The molecule has 0 saturated carbocycles. The Balaban J connectivity index is 1.95. The van der Waals surface area contributed by atoms with Gasteiger partial charge in [-0.15, -0.1) is 0 Å². The highest BCUT2D eigenvalue weighted by atomic mass is 35.5. The molecule has 2 aromatic rings. The first-order valence-electron chi connectivity index (χ1n) is 7.69. The standard InChI is InChI=1S/C18H14ClFN2O4/c1-2-26-15-5-3-4-10(16(15)23)8-12-17(24)21-22(18(12)25)11-6-7-14(20)13(19)9-11/h3-9,23H,2H2,1H3,(H,21,24). The molecule has 8 heteroatoms. The van der Waals surface area contributed by atoms with E-state index in [0.717, 1.165) is 11.1 Å². The number of halogens is 2. The molecule has 134 valence electrons. The maximum atomic E-state index is 13.3. The Kier molecular flexibility index (Phi) is 4.81. The Morgan fingerprint density at radius 2 is 2.08 bits per heavy atom. The monoisotopic (exact) mass is 376 g/mol. The number of hydrogen-bond donors (Lipinski definition) is 2. The number of hydrogen-bond acceptors (Lipinski definition) is 4. The van der Waals surface area contributed by atoms with E-state index in [1.165, 1.54) is 18.2 Å². The third-order valence-corrected chi connectivity index (χ3v) is 3.97. The van der Waals surface area contributed by atoms with Gasteiger partial charge in [0.1, 0.15) is 11.4 Å². The van der Waals surface area contributed by atoms with Crippen LogP contribution in [-0.2, 0) is 9.59 Å². The fourth-order valence-corrected chi connectivity index (χ4v) is 2.62. The van der Waals surface area contributed by atoms with Crippen LogP contribution in [0.15, 0.2) is 42.0 Å².